The maximum Gasteiger partial charge on any atom is 0.281 e. The van der Waals surface area contributed by atoms with Crippen molar-refractivity contribution in [3.63, 3.8) is 0 Å². The number of hydrogen-bond acceptors (Lipinski definition) is 7. The van der Waals surface area contributed by atoms with Crippen LogP contribution in [0.25, 0.3) is 0 Å². The summed E-state index contributed by atoms with van der Waals surface area (Å²) in [5, 5.41) is 27.0. The topological polar surface area (TPSA) is 134 Å². The molecule has 0 aliphatic rings. The first-order valence-electron chi connectivity index (χ1n) is 8.11. The Morgan fingerprint density at radius 3 is 2.37 bits per heavy atom. The van der Waals surface area contributed by atoms with E-state index in [-0.39, 0.29) is 42.8 Å². The number of rotatable bonds is 8. The number of nitrogens with zero attached hydrogens (tertiary/aromatic N) is 3. The van der Waals surface area contributed by atoms with Gasteiger partial charge in [0.2, 0.25) is 0 Å². The minimum Gasteiger partial charge on any atom is -0.494 e. The fourth-order valence-corrected chi connectivity index (χ4v) is 2.69. The second-order valence-corrected chi connectivity index (χ2v) is 6.63. The largest absolute Gasteiger partial charge is 0.494 e. The molecule has 9 nitrogen and oxygen atoms in total. The summed E-state index contributed by atoms with van der Waals surface area (Å²) in [6.07, 6.45) is 0. The van der Waals surface area contributed by atoms with Crippen molar-refractivity contribution in [2.24, 2.45) is 10.2 Å². The van der Waals surface area contributed by atoms with Gasteiger partial charge in [-0.15, -0.1) is 5.11 Å². The second-order valence-electron chi connectivity index (χ2n) is 5.66. The third-order valence-corrected chi connectivity index (χ3v) is 4.63. The fourth-order valence-electron chi connectivity index (χ4n) is 2.32. The van der Waals surface area contributed by atoms with Gasteiger partial charge in [0.15, 0.2) is 22.6 Å². The first-order valence-corrected chi connectivity index (χ1v) is 9.21. The van der Waals surface area contributed by atoms with Crippen molar-refractivity contribution >= 4 is 22.5 Å². The Balaban J connectivity index is 2.33. The molecule has 0 aliphatic carbocycles. The van der Waals surface area contributed by atoms with Crippen LogP contribution in [0.15, 0.2) is 44.2 Å². The molecule has 3 N–H and O–H groups in total. The van der Waals surface area contributed by atoms with Gasteiger partial charge in [-0.1, -0.05) is 0 Å². The van der Waals surface area contributed by atoms with E-state index >= 15 is 0 Å². The van der Waals surface area contributed by atoms with Gasteiger partial charge in [0.1, 0.15) is 0 Å². The third kappa shape index (κ3) is 5.07. The summed E-state index contributed by atoms with van der Waals surface area (Å²) in [4.78, 5) is 12.9. The fraction of sp³-hybridized carbons (Fsp3) is 0.353. The van der Waals surface area contributed by atoms with Crippen LogP contribution in [-0.4, -0.2) is 43.4 Å². The van der Waals surface area contributed by atoms with Crippen LogP contribution in [0.3, 0.4) is 0 Å². The number of aromatic hydroxyl groups is 1. The lowest BCUT2D eigenvalue weighted by Crippen LogP contribution is -2.24. The van der Waals surface area contributed by atoms with E-state index in [0.29, 0.717) is 16.8 Å². The average Bonchev–Trinajstić information content (AvgIpc) is 2.66. The van der Waals surface area contributed by atoms with Crippen molar-refractivity contribution in [3.05, 3.63) is 45.7 Å². The van der Waals surface area contributed by atoms with E-state index in [9.17, 15) is 14.1 Å². The maximum absolute atomic E-state index is 12.7. The second kappa shape index (κ2) is 9.51. The molecule has 0 bridgehead atoms. The molecule has 1 aromatic heterocycles. The molecule has 0 saturated carbocycles. The van der Waals surface area contributed by atoms with Gasteiger partial charge >= 0.3 is 0 Å². The van der Waals surface area contributed by atoms with E-state index < -0.39 is 16.6 Å². The maximum atomic E-state index is 12.7. The zero-order valence-corrected chi connectivity index (χ0v) is 15.8. The van der Waals surface area contributed by atoms with Crippen LogP contribution < -0.4 is 5.56 Å². The molecule has 0 aliphatic heterocycles. The van der Waals surface area contributed by atoms with E-state index in [2.05, 4.69) is 10.2 Å². The highest BCUT2D eigenvalue weighted by atomic mass is 32.2. The van der Waals surface area contributed by atoms with Gasteiger partial charge < -0.3 is 19.5 Å². The van der Waals surface area contributed by atoms with Crippen LogP contribution in [0, 0.1) is 13.8 Å². The lowest BCUT2D eigenvalue weighted by molar-refractivity contribution is 0.0853. The van der Waals surface area contributed by atoms with E-state index in [4.69, 9.17) is 14.4 Å². The summed E-state index contributed by atoms with van der Waals surface area (Å²) in [7, 11) is 0. The quantitative estimate of drug-likeness (QED) is 0.356. The monoisotopic (exact) mass is 395 g/mol. The number of benzene rings is 1. The smallest absolute Gasteiger partial charge is 0.281 e. The van der Waals surface area contributed by atoms with Crippen LogP contribution in [-0.2, 0) is 22.4 Å². The lowest BCUT2D eigenvalue weighted by atomic mass is 10.1. The predicted octanol–water partition coefficient (Wildman–Crippen LogP) is 2.18. The molecular weight excluding hydrogens is 374 g/mol. The highest BCUT2D eigenvalue weighted by molar-refractivity contribution is 7.79. The highest BCUT2D eigenvalue weighted by Crippen LogP contribution is 2.26. The molecule has 0 amide bonds. The molecule has 1 unspecified atom stereocenters. The summed E-state index contributed by atoms with van der Waals surface area (Å²) >= 11 is -2.08. The SMILES string of the molecule is Cc1c(C)c(O)n(CCOCCO)c(=O)c1N=Nc1ccc(S(=O)O)cc1. The van der Waals surface area contributed by atoms with Gasteiger partial charge in [-0.3, -0.25) is 9.36 Å². The van der Waals surface area contributed by atoms with Crippen molar-refractivity contribution in [1.82, 2.24) is 4.57 Å². The summed E-state index contributed by atoms with van der Waals surface area (Å²) in [6, 6.07) is 5.90. The zero-order chi connectivity index (χ0) is 20.0. The number of pyridine rings is 1. The van der Waals surface area contributed by atoms with E-state index in [1.165, 1.54) is 24.3 Å². The number of hydrogen-bond donors (Lipinski definition) is 3. The molecule has 27 heavy (non-hydrogen) atoms. The van der Waals surface area contributed by atoms with Crippen LogP contribution in [0.5, 0.6) is 5.88 Å². The number of aromatic nitrogens is 1. The Morgan fingerprint density at radius 1 is 1.11 bits per heavy atom. The molecule has 2 rings (SSSR count). The summed E-state index contributed by atoms with van der Waals surface area (Å²) < 4.78 is 26.3. The Hall–Kier alpha value is -2.40. The van der Waals surface area contributed by atoms with Crippen molar-refractivity contribution in [3.8, 4) is 5.88 Å². The van der Waals surface area contributed by atoms with Gasteiger partial charge in [0.05, 0.1) is 36.9 Å². The van der Waals surface area contributed by atoms with Crippen molar-refractivity contribution in [2.45, 2.75) is 25.3 Å². The van der Waals surface area contributed by atoms with Gasteiger partial charge in [-0.2, -0.15) is 5.11 Å². The van der Waals surface area contributed by atoms with Crippen molar-refractivity contribution in [2.75, 3.05) is 19.8 Å². The molecule has 0 radical (unpaired) electrons. The standard InChI is InChI=1S/C17H21N3O6S/c1-11-12(2)16(22)20(7-9-26-10-8-21)17(23)15(11)19-18-13-3-5-14(6-4-13)27(24)25/h3-6,21-22H,7-10H2,1-2H3,(H,24,25). The van der Waals surface area contributed by atoms with Crippen molar-refractivity contribution in [1.29, 1.82) is 0 Å². The van der Waals surface area contributed by atoms with Gasteiger partial charge in [-0.25, -0.2) is 4.21 Å². The normalized spacial score (nSPS) is 12.6. The zero-order valence-electron chi connectivity index (χ0n) is 15.0. The molecule has 146 valence electrons. The van der Waals surface area contributed by atoms with Gasteiger partial charge in [-0.05, 0) is 43.7 Å². The Labute approximate surface area is 158 Å². The van der Waals surface area contributed by atoms with E-state index in [1.54, 1.807) is 13.8 Å². The van der Waals surface area contributed by atoms with Crippen LogP contribution in [0.1, 0.15) is 11.1 Å². The molecule has 10 heteroatoms. The van der Waals surface area contributed by atoms with Crippen LogP contribution in [0.2, 0.25) is 0 Å². The highest BCUT2D eigenvalue weighted by Gasteiger charge is 2.16. The minimum absolute atomic E-state index is 0.0854. The molecule has 1 heterocycles. The number of aliphatic hydroxyl groups excluding tert-OH is 1. The van der Waals surface area contributed by atoms with E-state index in [0.717, 1.165) is 4.57 Å². The van der Waals surface area contributed by atoms with Crippen molar-refractivity contribution < 1.29 is 23.7 Å². The van der Waals surface area contributed by atoms with Gasteiger partial charge in [0.25, 0.3) is 5.56 Å². The summed E-state index contributed by atoms with van der Waals surface area (Å²) in [5.74, 6) is -0.168. The lowest BCUT2D eigenvalue weighted by Gasteiger charge is -2.14. The predicted molar refractivity (Wildman–Crippen MR) is 99.4 cm³/mol. The molecule has 1 atom stereocenters. The minimum atomic E-state index is -2.08. The Kier molecular flexibility index (Phi) is 7.36. The molecule has 1 aromatic carbocycles. The molecule has 0 spiro atoms. The molecule has 2 aromatic rings. The first-order chi connectivity index (χ1) is 12.9. The number of aliphatic hydroxyl groups is 1. The first kappa shape index (κ1) is 20.9. The number of ether oxygens (including phenoxy) is 1. The Morgan fingerprint density at radius 2 is 1.78 bits per heavy atom. The van der Waals surface area contributed by atoms with E-state index in [1.807, 2.05) is 0 Å². The summed E-state index contributed by atoms with van der Waals surface area (Å²) in [5.41, 5.74) is 0.979. The van der Waals surface area contributed by atoms with Crippen LogP contribution >= 0.6 is 0 Å². The Bertz CT molecular complexity index is 908. The third-order valence-electron chi connectivity index (χ3n) is 3.96. The number of azo groups is 1. The average molecular weight is 395 g/mol. The summed E-state index contributed by atoms with van der Waals surface area (Å²) in [6.45, 7) is 3.59. The molecular formula is C17H21N3O6S. The van der Waals surface area contributed by atoms with Gasteiger partial charge in [0, 0.05) is 5.56 Å². The van der Waals surface area contributed by atoms with Crippen LogP contribution in [0.4, 0.5) is 11.4 Å². The molecule has 0 fully saturated rings. The molecule has 0 saturated heterocycles.